The Bertz CT molecular complexity index is 243. The van der Waals surface area contributed by atoms with Gasteiger partial charge in [-0.2, -0.15) is 0 Å². The molecule has 0 spiro atoms. The van der Waals surface area contributed by atoms with Crippen molar-refractivity contribution in [3.05, 3.63) is 24.2 Å². The summed E-state index contributed by atoms with van der Waals surface area (Å²) >= 11 is 0. The van der Waals surface area contributed by atoms with Gasteiger partial charge in [-0.1, -0.05) is 19.3 Å². The molecule has 1 aromatic rings. The van der Waals surface area contributed by atoms with Crippen LogP contribution in [0.5, 0.6) is 0 Å². The summed E-state index contributed by atoms with van der Waals surface area (Å²) in [6.45, 7) is 0. The second-order valence-corrected chi connectivity index (χ2v) is 3.92. The van der Waals surface area contributed by atoms with Gasteiger partial charge in [-0.25, -0.2) is 0 Å². The average Bonchev–Trinajstić information content (AvgIpc) is 2.56. The van der Waals surface area contributed by atoms with Gasteiger partial charge in [0.25, 0.3) is 0 Å². The molecular weight excluding hydrogens is 162 g/mol. The molecule has 1 heterocycles. The molecule has 2 heteroatoms. The van der Waals surface area contributed by atoms with Crippen LogP contribution >= 0.6 is 0 Å². The SMILES string of the molecule is NC1CCCCCC1c1ccco1. The Kier molecular flexibility index (Phi) is 2.69. The molecule has 2 nitrogen and oxygen atoms in total. The Morgan fingerprint density at radius 1 is 1.23 bits per heavy atom. The summed E-state index contributed by atoms with van der Waals surface area (Å²) in [5.41, 5.74) is 6.11. The molecule has 1 fully saturated rings. The van der Waals surface area contributed by atoms with Crippen LogP contribution < -0.4 is 5.73 Å². The Morgan fingerprint density at radius 2 is 2.08 bits per heavy atom. The zero-order valence-electron chi connectivity index (χ0n) is 7.91. The van der Waals surface area contributed by atoms with Crippen molar-refractivity contribution in [3.63, 3.8) is 0 Å². The zero-order valence-corrected chi connectivity index (χ0v) is 7.91. The predicted molar refractivity (Wildman–Crippen MR) is 52.5 cm³/mol. The summed E-state index contributed by atoms with van der Waals surface area (Å²) in [5.74, 6) is 1.53. The molecular formula is C11H17NO. The van der Waals surface area contributed by atoms with Gasteiger partial charge in [-0.15, -0.1) is 0 Å². The lowest BCUT2D eigenvalue weighted by Crippen LogP contribution is -2.26. The number of nitrogens with two attached hydrogens (primary N) is 1. The van der Waals surface area contributed by atoms with E-state index in [1.165, 1.54) is 25.7 Å². The molecule has 0 aliphatic heterocycles. The summed E-state index contributed by atoms with van der Waals surface area (Å²) in [6, 6.07) is 4.30. The molecule has 0 bridgehead atoms. The van der Waals surface area contributed by atoms with E-state index in [2.05, 4.69) is 6.07 Å². The zero-order chi connectivity index (χ0) is 9.10. The van der Waals surface area contributed by atoms with E-state index in [1.54, 1.807) is 6.26 Å². The molecule has 1 aliphatic carbocycles. The van der Waals surface area contributed by atoms with E-state index < -0.39 is 0 Å². The quantitative estimate of drug-likeness (QED) is 0.673. The molecule has 0 radical (unpaired) electrons. The molecule has 2 rings (SSSR count). The van der Waals surface area contributed by atoms with Gasteiger partial charge in [-0.05, 0) is 25.0 Å². The van der Waals surface area contributed by atoms with E-state index in [-0.39, 0.29) is 0 Å². The van der Waals surface area contributed by atoms with E-state index in [4.69, 9.17) is 10.2 Å². The van der Waals surface area contributed by atoms with E-state index in [9.17, 15) is 0 Å². The van der Waals surface area contributed by atoms with Crippen LogP contribution in [0.2, 0.25) is 0 Å². The van der Waals surface area contributed by atoms with Crippen LogP contribution in [0.1, 0.15) is 43.8 Å². The maximum atomic E-state index is 6.11. The van der Waals surface area contributed by atoms with Gasteiger partial charge >= 0.3 is 0 Å². The van der Waals surface area contributed by atoms with Gasteiger partial charge in [0.05, 0.1) is 6.26 Å². The van der Waals surface area contributed by atoms with Gasteiger partial charge in [0.15, 0.2) is 0 Å². The standard InChI is InChI=1S/C11H17NO/c12-10-6-3-1-2-5-9(10)11-7-4-8-13-11/h4,7-10H,1-3,5-6,12H2. The first kappa shape index (κ1) is 8.82. The Hall–Kier alpha value is -0.760. The lowest BCUT2D eigenvalue weighted by atomic mass is 9.93. The van der Waals surface area contributed by atoms with Crippen LogP contribution in [-0.4, -0.2) is 6.04 Å². The van der Waals surface area contributed by atoms with E-state index in [1.807, 2.05) is 6.07 Å². The third-order valence-electron chi connectivity index (χ3n) is 2.98. The van der Waals surface area contributed by atoms with E-state index in [0.717, 1.165) is 12.2 Å². The maximum absolute atomic E-state index is 6.11. The first-order valence-corrected chi connectivity index (χ1v) is 5.17. The van der Waals surface area contributed by atoms with Crippen molar-refractivity contribution in [1.82, 2.24) is 0 Å². The number of furan rings is 1. The van der Waals surface area contributed by atoms with Gasteiger partial charge in [0.2, 0.25) is 0 Å². The van der Waals surface area contributed by atoms with Crippen LogP contribution in [0.3, 0.4) is 0 Å². The highest BCUT2D eigenvalue weighted by atomic mass is 16.3. The fourth-order valence-corrected chi connectivity index (χ4v) is 2.19. The van der Waals surface area contributed by atoms with Gasteiger partial charge in [-0.3, -0.25) is 0 Å². The minimum absolute atomic E-state index is 0.300. The highest BCUT2D eigenvalue weighted by molar-refractivity contribution is 5.08. The van der Waals surface area contributed by atoms with Crippen molar-refractivity contribution in [2.45, 2.75) is 44.1 Å². The van der Waals surface area contributed by atoms with Crippen LogP contribution in [0.25, 0.3) is 0 Å². The van der Waals surface area contributed by atoms with Crippen LogP contribution in [0.4, 0.5) is 0 Å². The van der Waals surface area contributed by atoms with Gasteiger partial charge < -0.3 is 10.2 Å². The van der Waals surface area contributed by atoms with E-state index in [0.29, 0.717) is 12.0 Å². The molecule has 2 unspecified atom stereocenters. The second-order valence-electron chi connectivity index (χ2n) is 3.92. The molecule has 72 valence electrons. The highest BCUT2D eigenvalue weighted by Crippen LogP contribution is 2.30. The number of hydrogen-bond acceptors (Lipinski definition) is 2. The van der Waals surface area contributed by atoms with Crippen molar-refractivity contribution >= 4 is 0 Å². The monoisotopic (exact) mass is 179 g/mol. The van der Waals surface area contributed by atoms with Crippen LogP contribution in [-0.2, 0) is 0 Å². The Morgan fingerprint density at radius 3 is 2.85 bits per heavy atom. The normalized spacial score (nSPS) is 29.9. The van der Waals surface area contributed by atoms with Crippen molar-refractivity contribution in [2.75, 3.05) is 0 Å². The van der Waals surface area contributed by atoms with Crippen molar-refractivity contribution in [1.29, 1.82) is 0 Å². The highest BCUT2D eigenvalue weighted by Gasteiger charge is 2.23. The molecule has 1 aliphatic rings. The van der Waals surface area contributed by atoms with Crippen LogP contribution in [0, 0.1) is 0 Å². The molecule has 0 aromatic carbocycles. The Labute approximate surface area is 79.1 Å². The van der Waals surface area contributed by atoms with Crippen LogP contribution in [0.15, 0.2) is 22.8 Å². The summed E-state index contributed by atoms with van der Waals surface area (Å²) in [5, 5.41) is 0. The largest absolute Gasteiger partial charge is 0.469 e. The first-order chi connectivity index (χ1) is 6.38. The minimum Gasteiger partial charge on any atom is -0.469 e. The third kappa shape index (κ3) is 1.94. The van der Waals surface area contributed by atoms with Crippen molar-refractivity contribution in [2.24, 2.45) is 5.73 Å². The molecule has 0 saturated heterocycles. The van der Waals surface area contributed by atoms with Gasteiger partial charge in [0.1, 0.15) is 5.76 Å². The molecule has 1 saturated carbocycles. The summed E-state index contributed by atoms with van der Waals surface area (Å²) in [7, 11) is 0. The molecule has 13 heavy (non-hydrogen) atoms. The molecule has 2 N–H and O–H groups in total. The third-order valence-corrected chi connectivity index (χ3v) is 2.98. The molecule has 2 atom stereocenters. The smallest absolute Gasteiger partial charge is 0.108 e. The van der Waals surface area contributed by atoms with Crippen molar-refractivity contribution < 1.29 is 4.42 Å². The van der Waals surface area contributed by atoms with Gasteiger partial charge in [0, 0.05) is 12.0 Å². The Balaban J connectivity index is 2.11. The lowest BCUT2D eigenvalue weighted by Gasteiger charge is -2.18. The molecule has 1 aromatic heterocycles. The maximum Gasteiger partial charge on any atom is 0.108 e. The van der Waals surface area contributed by atoms with Crippen molar-refractivity contribution in [3.8, 4) is 0 Å². The predicted octanol–water partition coefficient (Wildman–Crippen LogP) is 2.65. The number of rotatable bonds is 1. The summed E-state index contributed by atoms with van der Waals surface area (Å²) in [6.07, 6.45) is 7.97. The molecule has 0 amide bonds. The summed E-state index contributed by atoms with van der Waals surface area (Å²) in [4.78, 5) is 0. The van der Waals surface area contributed by atoms with E-state index >= 15 is 0 Å². The minimum atomic E-state index is 0.300. The summed E-state index contributed by atoms with van der Waals surface area (Å²) < 4.78 is 5.42. The second kappa shape index (κ2) is 3.97. The fraction of sp³-hybridized carbons (Fsp3) is 0.636. The average molecular weight is 179 g/mol. The first-order valence-electron chi connectivity index (χ1n) is 5.17. The number of hydrogen-bond donors (Lipinski definition) is 1. The topological polar surface area (TPSA) is 39.2 Å². The fourth-order valence-electron chi connectivity index (χ4n) is 2.19. The lowest BCUT2D eigenvalue weighted by molar-refractivity contribution is 0.402.